The second-order valence-electron chi connectivity index (χ2n) is 5.36. The van der Waals surface area contributed by atoms with E-state index in [9.17, 15) is 9.59 Å². The van der Waals surface area contributed by atoms with E-state index in [0.717, 1.165) is 5.69 Å². The number of carbonyl (C=O) groups is 2. The average Bonchev–Trinajstić information content (AvgIpc) is 3.22. The first-order chi connectivity index (χ1) is 12.0. The molecular weight excluding hydrogens is 340 g/mol. The van der Waals surface area contributed by atoms with Crippen molar-refractivity contribution in [2.24, 2.45) is 0 Å². The Kier molecular flexibility index (Phi) is 4.90. The van der Waals surface area contributed by atoms with Crippen LogP contribution in [0.2, 0.25) is 0 Å². The maximum Gasteiger partial charge on any atom is 0.259 e. The predicted octanol–water partition coefficient (Wildman–Crippen LogP) is 2.99. The van der Waals surface area contributed by atoms with Gasteiger partial charge in [-0.15, -0.1) is 11.3 Å². The number of hydrogen-bond donors (Lipinski definition) is 2. The zero-order valence-corrected chi connectivity index (χ0v) is 14.5. The molecule has 3 heterocycles. The molecule has 8 heteroatoms. The lowest BCUT2D eigenvalue weighted by atomic mass is 10.2. The van der Waals surface area contributed by atoms with Gasteiger partial charge < -0.3 is 9.73 Å². The highest BCUT2D eigenvalue weighted by atomic mass is 32.1. The average molecular weight is 356 g/mol. The number of aryl methyl sites for hydroxylation is 1. The van der Waals surface area contributed by atoms with Gasteiger partial charge in [0.15, 0.2) is 10.9 Å². The van der Waals surface area contributed by atoms with E-state index in [4.69, 9.17) is 4.42 Å². The molecule has 25 heavy (non-hydrogen) atoms. The van der Waals surface area contributed by atoms with Gasteiger partial charge in [0.1, 0.15) is 11.5 Å². The molecule has 3 rings (SSSR count). The van der Waals surface area contributed by atoms with Crippen LogP contribution < -0.4 is 10.6 Å². The quantitative estimate of drug-likeness (QED) is 0.732. The number of hydrogen-bond acceptors (Lipinski definition) is 6. The summed E-state index contributed by atoms with van der Waals surface area (Å²) in [6.07, 6.45) is 1.53. The van der Waals surface area contributed by atoms with Crippen LogP contribution in [0.4, 0.5) is 5.13 Å². The Morgan fingerprint density at radius 1 is 1.24 bits per heavy atom. The third kappa shape index (κ3) is 4.30. The van der Waals surface area contributed by atoms with Crippen molar-refractivity contribution in [1.82, 2.24) is 15.3 Å². The molecule has 0 aliphatic rings. The summed E-state index contributed by atoms with van der Waals surface area (Å²) in [5.74, 6) is 0.824. The van der Waals surface area contributed by atoms with E-state index in [-0.39, 0.29) is 11.8 Å². The van der Waals surface area contributed by atoms with Crippen molar-refractivity contribution in [3.8, 4) is 11.5 Å². The van der Waals surface area contributed by atoms with Crippen LogP contribution in [0.15, 0.2) is 40.3 Å². The Labute approximate surface area is 148 Å². The minimum atomic E-state index is -0.265. The van der Waals surface area contributed by atoms with Crippen LogP contribution in [0.5, 0.6) is 0 Å². The number of amides is 2. The molecule has 0 saturated heterocycles. The van der Waals surface area contributed by atoms with E-state index >= 15 is 0 Å². The molecule has 2 N–H and O–H groups in total. The number of rotatable bonds is 5. The zero-order chi connectivity index (χ0) is 17.8. The van der Waals surface area contributed by atoms with E-state index < -0.39 is 0 Å². The number of aromatic nitrogens is 2. The van der Waals surface area contributed by atoms with E-state index in [1.54, 1.807) is 29.6 Å². The maximum absolute atomic E-state index is 12.2. The van der Waals surface area contributed by atoms with Crippen molar-refractivity contribution in [3.05, 3.63) is 52.9 Å². The molecule has 0 unspecified atom stereocenters. The number of thiazole rings is 1. The first kappa shape index (κ1) is 16.8. The van der Waals surface area contributed by atoms with Crippen molar-refractivity contribution >= 4 is 28.3 Å². The predicted molar refractivity (Wildman–Crippen MR) is 94.3 cm³/mol. The van der Waals surface area contributed by atoms with Crippen LogP contribution >= 0.6 is 11.3 Å². The lowest BCUT2D eigenvalue weighted by Gasteiger charge is -2.01. The standard InChI is InChI=1S/C17H16N4O3S/c1-10-3-4-12(7-18-10)16(23)21-17-20-14(9-25-17)15-6-5-13(24-15)8-19-11(2)22/h3-7,9H,8H2,1-2H3,(H,19,22)(H,20,21,23). The van der Waals surface area contributed by atoms with Gasteiger partial charge in [0, 0.05) is 24.2 Å². The molecule has 0 atom stereocenters. The third-order valence-electron chi connectivity index (χ3n) is 3.32. The maximum atomic E-state index is 12.2. The molecule has 3 aromatic rings. The van der Waals surface area contributed by atoms with Crippen molar-refractivity contribution in [2.45, 2.75) is 20.4 Å². The lowest BCUT2D eigenvalue weighted by molar-refractivity contribution is -0.119. The molecule has 0 bridgehead atoms. The molecule has 0 fully saturated rings. The molecule has 0 saturated carbocycles. The van der Waals surface area contributed by atoms with Crippen LogP contribution in [-0.4, -0.2) is 21.8 Å². The Balaban J connectivity index is 1.67. The Morgan fingerprint density at radius 3 is 2.80 bits per heavy atom. The van der Waals surface area contributed by atoms with Gasteiger partial charge >= 0.3 is 0 Å². The first-order valence-corrected chi connectivity index (χ1v) is 8.42. The number of pyridine rings is 1. The minimum absolute atomic E-state index is 0.123. The van der Waals surface area contributed by atoms with Gasteiger partial charge in [0.2, 0.25) is 5.91 Å². The summed E-state index contributed by atoms with van der Waals surface area (Å²) in [7, 11) is 0. The summed E-state index contributed by atoms with van der Waals surface area (Å²) in [6.45, 7) is 3.63. The van der Waals surface area contributed by atoms with Crippen molar-refractivity contribution in [1.29, 1.82) is 0 Å². The number of carbonyl (C=O) groups excluding carboxylic acids is 2. The summed E-state index contributed by atoms with van der Waals surface area (Å²) < 4.78 is 5.64. The van der Waals surface area contributed by atoms with E-state index in [1.807, 2.05) is 6.92 Å². The summed E-state index contributed by atoms with van der Waals surface area (Å²) in [4.78, 5) is 31.6. The summed E-state index contributed by atoms with van der Waals surface area (Å²) in [5.41, 5.74) is 1.94. The highest BCUT2D eigenvalue weighted by molar-refractivity contribution is 7.14. The van der Waals surface area contributed by atoms with Gasteiger partial charge in [-0.2, -0.15) is 0 Å². The second kappa shape index (κ2) is 7.27. The van der Waals surface area contributed by atoms with E-state index in [1.165, 1.54) is 24.5 Å². The zero-order valence-electron chi connectivity index (χ0n) is 13.7. The number of furan rings is 1. The van der Waals surface area contributed by atoms with Crippen LogP contribution in [0.1, 0.15) is 28.7 Å². The highest BCUT2D eigenvalue weighted by Gasteiger charge is 2.12. The number of nitrogens with zero attached hydrogens (tertiary/aromatic N) is 2. The minimum Gasteiger partial charge on any atom is -0.458 e. The van der Waals surface area contributed by atoms with E-state index in [2.05, 4.69) is 20.6 Å². The molecule has 0 aliphatic carbocycles. The fraction of sp³-hybridized carbons (Fsp3) is 0.176. The molecule has 2 amide bonds. The highest BCUT2D eigenvalue weighted by Crippen LogP contribution is 2.26. The fourth-order valence-corrected chi connectivity index (χ4v) is 2.73. The molecule has 128 valence electrons. The molecule has 0 spiro atoms. The molecule has 3 aromatic heterocycles. The summed E-state index contributed by atoms with van der Waals surface area (Å²) in [6, 6.07) is 7.05. The molecule has 0 aliphatic heterocycles. The molecular formula is C17H16N4O3S. The van der Waals surface area contributed by atoms with Crippen molar-refractivity contribution in [3.63, 3.8) is 0 Å². The van der Waals surface area contributed by atoms with E-state index in [0.29, 0.717) is 34.5 Å². The van der Waals surface area contributed by atoms with Gasteiger partial charge in [-0.1, -0.05) is 0 Å². The first-order valence-electron chi connectivity index (χ1n) is 7.54. The second-order valence-corrected chi connectivity index (χ2v) is 6.21. The van der Waals surface area contributed by atoms with Crippen molar-refractivity contribution in [2.75, 3.05) is 5.32 Å². The van der Waals surface area contributed by atoms with Crippen LogP contribution in [0.3, 0.4) is 0 Å². The van der Waals surface area contributed by atoms with Crippen molar-refractivity contribution < 1.29 is 14.0 Å². The normalized spacial score (nSPS) is 10.5. The molecule has 7 nitrogen and oxygen atoms in total. The summed E-state index contributed by atoms with van der Waals surface area (Å²) >= 11 is 1.30. The molecule has 0 aromatic carbocycles. The monoisotopic (exact) mass is 356 g/mol. The Morgan fingerprint density at radius 2 is 2.08 bits per heavy atom. The topological polar surface area (TPSA) is 97.1 Å². The lowest BCUT2D eigenvalue weighted by Crippen LogP contribution is -2.18. The Hall–Kier alpha value is -3.00. The fourth-order valence-electron chi connectivity index (χ4n) is 2.04. The summed E-state index contributed by atoms with van der Waals surface area (Å²) in [5, 5.41) is 7.68. The van der Waals surface area contributed by atoms with Gasteiger partial charge in [0.25, 0.3) is 5.91 Å². The SMILES string of the molecule is CC(=O)NCc1ccc(-c2csc(NC(=O)c3ccc(C)nc3)n2)o1. The van der Waals surface area contributed by atoms with Crippen LogP contribution in [-0.2, 0) is 11.3 Å². The number of anilines is 1. The van der Waals surface area contributed by atoms with Gasteiger partial charge in [-0.3, -0.25) is 19.9 Å². The van der Waals surface area contributed by atoms with Gasteiger partial charge in [0.05, 0.1) is 12.1 Å². The smallest absolute Gasteiger partial charge is 0.259 e. The Bertz CT molecular complexity index is 899. The van der Waals surface area contributed by atoms with Crippen LogP contribution in [0.25, 0.3) is 11.5 Å². The van der Waals surface area contributed by atoms with Gasteiger partial charge in [-0.05, 0) is 31.2 Å². The largest absolute Gasteiger partial charge is 0.458 e. The molecule has 0 radical (unpaired) electrons. The third-order valence-corrected chi connectivity index (χ3v) is 4.08. The van der Waals surface area contributed by atoms with Gasteiger partial charge in [-0.25, -0.2) is 4.98 Å². The van der Waals surface area contributed by atoms with Crippen LogP contribution in [0, 0.1) is 6.92 Å². The number of nitrogens with one attached hydrogen (secondary N) is 2.